The van der Waals surface area contributed by atoms with E-state index in [1.807, 2.05) is 18.2 Å². The van der Waals surface area contributed by atoms with Crippen LogP contribution in [0.15, 0.2) is 30.6 Å². The summed E-state index contributed by atoms with van der Waals surface area (Å²) < 4.78 is 4.95. The topological polar surface area (TPSA) is 76.1 Å². The predicted molar refractivity (Wildman–Crippen MR) is 90.1 cm³/mol. The molecule has 0 aliphatic heterocycles. The Labute approximate surface area is 136 Å². The molecule has 122 valence electrons. The molecule has 0 saturated heterocycles. The Hall–Kier alpha value is -2.47. The Kier molecular flexibility index (Phi) is 6.05. The molecular formula is C17H22N4O2. The molecule has 6 heteroatoms. The van der Waals surface area contributed by atoms with Crippen LogP contribution in [0.2, 0.25) is 0 Å². The zero-order valence-corrected chi connectivity index (χ0v) is 13.7. The maximum absolute atomic E-state index is 12.0. The van der Waals surface area contributed by atoms with Crippen molar-refractivity contribution in [3.8, 4) is 0 Å². The molecule has 0 aliphatic carbocycles. The van der Waals surface area contributed by atoms with E-state index in [1.165, 1.54) is 17.5 Å². The summed E-state index contributed by atoms with van der Waals surface area (Å²) in [6.07, 6.45) is 2.15. The quantitative estimate of drug-likeness (QED) is 0.768. The summed E-state index contributed by atoms with van der Waals surface area (Å²) in [6.45, 7) is 5.29. The first-order valence-corrected chi connectivity index (χ1v) is 7.53. The van der Waals surface area contributed by atoms with E-state index >= 15 is 0 Å². The maximum atomic E-state index is 12.0. The Balaban J connectivity index is 2.01. The van der Waals surface area contributed by atoms with E-state index in [0.29, 0.717) is 24.7 Å². The monoisotopic (exact) mass is 314 g/mol. The van der Waals surface area contributed by atoms with Crippen molar-refractivity contribution in [3.05, 3.63) is 47.4 Å². The summed E-state index contributed by atoms with van der Waals surface area (Å²) in [5.74, 6) is 0.372. The third kappa shape index (κ3) is 5.03. The van der Waals surface area contributed by atoms with Gasteiger partial charge in [0.1, 0.15) is 17.8 Å². The lowest BCUT2D eigenvalue weighted by atomic mass is 10.1. The van der Waals surface area contributed by atoms with Crippen molar-refractivity contribution in [1.29, 1.82) is 0 Å². The van der Waals surface area contributed by atoms with Crippen molar-refractivity contribution in [2.45, 2.75) is 20.3 Å². The van der Waals surface area contributed by atoms with Crippen LogP contribution in [0.1, 0.15) is 28.0 Å². The molecule has 2 rings (SSSR count). The molecule has 1 aromatic heterocycles. The van der Waals surface area contributed by atoms with Gasteiger partial charge in [-0.3, -0.25) is 4.79 Å². The van der Waals surface area contributed by atoms with E-state index in [2.05, 4.69) is 34.4 Å². The van der Waals surface area contributed by atoms with Crippen molar-refractivity contribution in [2.24, 2.45) is 0 Å². The molecule has 0 atom stereocenters. The summed E-state index contributed by atoms with van der Waals surface area (Å²) in [4.78, 5) is 20.2. The number of carbonyl (C=O) groups excluding carboxylic acids is 1. The van der Waals surface area contributed by atoms with Gasteiger partial charge in [-0.2, -0.15) is 0 Å². The molecule has 0 fully saturated rings. The lowest BCUT2D eigenvalue weighted by Crippen LogP contribution is -2.26. The van der Waals surface area contributed by atoms with Crippen LogP contribution in [0, 0.1) is 13.8 Å². The summed E-state index contributed by atoms with van der Waals surface area (Å²) >= 11 is 0. The number of benzene rings is 1. The number of aromatic nitrogens is 2. The van der Waals surface area contributed by atoms with E-state index in [9.17, 15) is 4.79 Å². The summed E-state index contributed by atoms with van der Waals surface area (Å²) in [5, 5.41) is 6.00. The van der Waals surface area contributed by atoms with Gasteiger partial charge in [0.15, 0.2) is 0 Å². The standard InChI is InChI=1S/C17H22N4O2/c1-12-5-6-14(9-13(12)2)21-16-10-15(19-11-20-16)17(22)18-7-4-8-23-3/h5-6,9-11H,4,7-8H2,1-3H3,(H,18,22)(H,19,20,21). The third-order valence-corrected chi connectivity index (χ3v) is 3.49. The van der Waals surface area contributed by atoms with Gasteiger partial charge in [0.05, 0.1) is 0 Å². The molecule has 1 heterocycles. The van der Waals surface area contributed by atoms with Crippen LogP contribution in [0.3, 0.4) is 0 Å². The highest BCUT2D eigenvalue weighted by Gasteiger charge is 2.08. The fraction of sp³-hybridized carbons (Fsp3) is 0.353. The van der Waals surface area contributed by atoms with Crippen LogP contribution in [0.25, 0.3) is 0 Å². The molecule has 23 heavy (non-hydrogen) atoms. The highest BCUT2D eigenvalue weighted by Crippen LogP contribution is 2.18. The van der Waals surface area contributed by atoms with Crippen molar-refractivity contribution in [1.82, 2.24) is 15.3 Å². The number of nitrogens with one attached hydrogen (secondary N) is 2. The van der Waals surface area contributed by atoms with Crippen LogP contribution < -0.4 is 10.6 Å². The minimum absolute atomic E-state index is 0.216. The number of rotatable bonds is 7. The first kappa shape index (κ1) is 16.9. The van der Waals surface area contributed by atoms with E-state index in [4.69, 9.17) is 4.74 Å². The lowest BCUT2D eigenvalue weighted by molar-refractivity contribution is 0.0943. The van der Waals surface area contributed by atoms with E-state index < -0.39 is 0 Å². The predicted octanol–water partition coefficient (Wildman–Crippen LogP) is 2.60. The van der Waals surface area contributed by atoms with Gasteiger partial charge in [-0.25, -0.2) is 9.97 Å². The van der Waals surface area contributed by atoms with E-state index in [0.717, 1.165) is 12.1 Å². The SMILES string of the molecule is COCCCNC(=O)c1cc(Nc2ccc(C)c(C)c2)ncn1. The maximum Gasteiger partial charge on any atom is 0.270 e. The molecule has 0 unspecified atom stereocenters. The van der Waals surface area contributed by atoms with Gasteiger partial charge in [-0.05, 0) is 43.5 Å². The molecule has 2 aromatic rings. The van der Waals surface area contributed by atoms with Gasteiger partial charge in [0.2, 0.25) is 0 Å². The van der Waals surface area contributed by atoms with Crippen molar-refractivity contribution in [3.63, 3.8) is 0 Å². The van der Waals surface area contributed by atoms with Gasteiger partial charge >= 0.3 is 0 Å². The number of anilines is 2. The Morgan fingerprint density at radius 1 is 1.17 bits per heavy atom. The van der Waals surface area contributed by atoms with E-state index in [1.54, 1.807) is 13.2 Å². The second-order valence-corrected chi connectivity index (χ2v) is 5.31. The number of aryl methyl sites for hydroxylation is 2. The van der Waals surface area contributed by atoms with Crippen molar-refractivity contribution < 1.29 is 9.53 Å². The molecule has 1 aromatic carbocycles. The number of carbonyl (C=O) groups is 1. The van der Waals surface area contributed by atoms with Gasteiger partial charge in [0, 0.05) is 32.0 Å². The number of hydrogen-bond donors (Lipinski definition) is 2. The Morgan fingerprint density at radius 3 is 2.74 bits per heavy atom. The summed E-state index contributed by atoms with van der Waals surface area (Å²) in [7, 11) is 1.64. The largest absolute Gasteiger partial charge is 0.385 e. The average Bonchev–Trinajstić information content (AvgIpc) is 2.55. The zero-order valence-electron chi connectivity index (χ0n) is 13.7. The molecule has 0 radical (unpaired) electrons. The summed E-state index contributed by atoms with van der Waals surface area (Å²) in [5.41, 5.74) is 3.69. The van der Waals surface area contributed by atoms with Gasteiger partial charge < -0.3 is 15.4 Å². The molecule has 6 nitrogen and oxygen atoms in total. The summed E-state index contributed by atoms with van der Waals surface area (Å²) in [6, 6.07) is 7.71. The van der Waals surface area contributed by atoms with Gasteiger partial charge in [-0.15, -0.1) is 0 Å². The molecule has 2 N–H and O–H groups in total. The first-order chi connectivity index (χ1) is 11.1. The fourth-order valence-corrected chi connectivity index (χ4v) is 2.03. The molecule has 1 amide bonds. The van der Waals surface area contributed by atoms with Crippen LogP contribution in [0.4, 0.5) is 11.5 Å². The molecule has 0 bridgehead atoms. The minimum Gasteiger partial charge on any atom is -0.385 e. The molecule has 0 aliphatic rings. The molecular weight excluding hydrogens is 292 g/mol. The highest BCUT2D eigenvalue weighted by atomic mass is 16.5. The van der Waals surface area contributed by atoms with Crippen LogP contribution in [0.5, 0.6) is 0 Å². The van der Waals surface area contributed by atoms with Gasteiger partial charge in [-0.1, -0.05) is 6.07 Å². The van der Waals surface area contributed by atoms with E-state index in [-0.39, 0.29) is 5.91 Å². The van der Waals surface area contributed by atoms with Crippen LogP contribution in [-0.2, 0) is 4.74 Å². The highest BCUT2D eigenvalue weighted by molar-refractivity contribution is 5.92. The lowest BCUT2D eigenvalue weighted by Gasteiger charge is -2.09. The number of amides is 1. The van der Waals surface area contributed by atoms with Crippen LogP contribution >= 0.6 is 0 Å². The first-order valence-electron chi connectivity index (χ1n) is 7.53. The zero-order chi connectivity index (χ0) is 16.7. The number of hydrogen-bond acceptors (Lipinski definition) is 5. The number of ether oxygens (including phenoxy) is 1. The normalized spacial score (nSPS) is 10.4. The van der Waals surface area contributed by atoms with Gasteiger partial charge in [0.25, 0.3) is 5.91 Å². The van der Waals surface area contributed by atoms with Crippen molar-refractivity contribution in [2.75, 3.05) is 25.6 Å². The third-order valence-electron chi connectivity index (χ3n) is 3.49. The number of nitrogens with zero attached hydrogens (tertiary/aromatic N) is 2. The second-order valence-electron chi connectivity index (χ2n) is 5.31. The molecule has 0 saturated carbocycles. The Bertz CT molecular complexity index is 673. The Morgan fingerprint density at radius 2 is 2.00 bits per heavy atom. The molecule has 0 spiro atoms. The van der Waals surface area contributed by atoms with Crippen LogP contribution in [-0.4, -0.2) is 36.1 Å². The average molecular weight is 314 g/mol. The fourth-order valence-electron chi connectivity index (χ4n) is 2.03. The van der Waals surface area contributed by atoms with Crippen molar-refractivity contribution >= 4 is 17.4 Å². The minimum atomic E-state index is -0.216. The smallest absolute Gasteiger partial charge is 0.270 e. The number of methoxy groups -OCH3 is 1. The second kappa shape index (κ2) is 8.24.